The van der Waals surface area contributed by atoms with Gasteiger partial charge in [-0.2, -0.15) is 0 Å². The third kappa shape index (κ3) is 7.44. The molecule has 0 spiro atoms. The van der Waals surface area contributed by atoms with Crippen molar-refractivity contribution in [1.82, 2.24) is 5.32 Å². The quantitative estimate of drug-likeness (QED) is 0.477. The predicted molar refractivity (Wildman–Crippen MR) is 67.9 cm³/mol. The molecule has 0 aromatic rings. The second-order valence-electron chi connectivity index (χ2n) is 3.60. The van der Waals surface area contributed by atoms with Crippen molar-refractivity contribution in [2.45, 2.75) is 25.5 Å². The predicted octanol–water partition coefficient (Wildman–Crippen LogP) is 1.04. The molecule has 0 saturated heterocycles. The molecule has 0 amide bonds. The van der Waals surface area contributed by atoms with E-state index in [1.54, 1.807) is 6.92 Å². The zero-order valence-electron chi connectivity index (χ0n) is 10.0. The Morgan fingerprint density at radius 3 is 2.62 bits per heavy atom. The molecule has 0 aliphatic rings. The highest BCUT2D eigenvalue weighted by Crippen LogP contribution is 2.06. The van der Waals surface area contributed by atoms with Gasteiger partial charge >= 0.3 is 0 Å². The smallest absolute Gasteiger partial charge is 0.154 e. The molecule has 1 unspecified atom stereocenters. The van der Waals surface area contributed by atoms with Crippen LogP contribution in [0, 0.1) is 0 Å². The standard InChI is InChI=1S/C10H22ClNO3S/c1-3-15-8-7-12-6-4-10(2)16(13,14)9-5-11/h10,12H,3-9H2,1-2H3. The van der Waals surface area contributed by atoms with Crippen LogP contribution < -0.4 is 5.32 Å². The second-order valence-corrected chi connectivity index (χ2v) is 6.52. The minimum Gasteiger partial charge on any atom is -0.380 e. The molecule has 4 nitrogen and oxygen atoms in total. The highest BCUT2D eigenvalue weighted by atomic mass is 35.5. The van der Waals surface area contributed by atoms with E-state index in [-0.39, 0.29) is 16.9 Å². The summed E-state index contributed by atoms with van der Waals surface area (Å²) in [4.78, 5) is 0. The number of ether oxygens (including phenoxy) is 1. The first kappa shape index (κ1) is 16.2. The van der Waals surface area contributed by atoms with E-state index in [0.29, 0.717) is 26.2 Å². The lowest BCUT2D eigenvalue weighted by Gasteiger charge is -2.12. The highest BCUT2D eigenvalue weighted by Gasteiger charge is 2.19. The van der Waals surface area contributed by atoms with Crippen LogP contribution in [0.4, 0.5) is 0 Å². The fraction of sp³-hybridized carbons (Fsp3) is 1.00. The summed E-state index contributed by atoms with van der Waals surface area (Å²) in [7, 11) is -3.01. The van der Waals surface area contributed by atoms with E-state index >= 15 is 0 Å². The summed E-state index contributed by atoms with van der Waals surface area (Å²) in [5.74, 6) is 0.235. The maximum absolute atomic E-state index is 11.6. The van der Waals surface area contributed by atoms with Gasteiger partial charge in [0, 0.05) is 19.0 Å². The van der Waals surface area contributed by atoms with Crippen molar-refractivity contribution >= 4 is 21.4 Å². The molecular formula is C10H22ClNO3S. The van der Waals surface area contributed by atoms with E-state index in [1.807, 2.05) is 6.92 Å². The van der Waals surface area contributed by atoms with E-state index in [1.165, 1.54) is 0 Å². The summed E-state index contributed by atoms with van der Waals surface area (Å²) in [6.07, 6.45) is 0.616. The molecule has 0 radical (unpaired) electrons. The fourth-order valence-corrected chi connectivity index (χ4v) is 2.95. The van der Waals surface area contributed by atoms with Crippen LogP contribution in [0.5, 0.6) is 0 Å². The van der Waals surface area contributed by atoms with Crippen molar-refractivity contribution in [1.29, 1.82) is 0 Å². The molecule has 0 aliphatic carbocycles. The van der Waals surface area contributed by atoms with Gasteiger partial charge in [-0.15, -0.1) is 11.6 Å². The monoisotopic (exact) mass is 271 g/mol. The van der Waals surface area contributed by atoms with Crippen LogP contribution in [0.1, 0.15) is 20.3 Å². The van der Waals surface area contributed by atoms with Gasteiger partial charge < -0.3 is 10.1 Å². The maximum Gasteiger partial charge on any atom is 0.154 e. The van der Waals surface area contributed by atoms with Gasteiger partial charge in [-0.25, -0.2) is 8.42 Å². The van der Waals surface area contributed by atoms with Crippen molar-refractivity contribution in [2.24, 2.45) is 0 Å². The number of nitrogens with one attached hydrogen (secondary N) is 1. The molecule has 0 heterocycles. The molecule has 6 heteroatoms. The van der Waals surface area contributed by atoms with Gasteiger partial charge in [-0.05, 0) is 26.8 Å². The molecule has 0 aromatic carbocycles. The molecule has 0 fully saturated rings. The number of hydrogen-bond donors (Lipinski definition) is 1. The number of alkyl halides is 1. The average molecular weight is 272 g/mol. The molecule has 98 valence electrons. The molecule has 1 atom stereocenters. The Morgan fingerprint density at radius 1 is 1.38 bits per heavy atom. The molecule has 0 rings (SSSR count). The van der Waals surface area contributed by atoms with E-state index in [9.17, 15) is 8.42 Å². The zero-order chi connectivity index (χ0) is 12.4. The van der Waals surface area contributed by atoms with E-state index in [4.69, 9.17) is 16.3 Å². The highest BCUT2D eigenvalue weighted by molar-refractivity contribution is 7.92. The summed E-state index contributed by atoms with van der Waals surface area (Å²) < 4.78 is 28.3. The van der Waals surface area contributed by atoms with Crippen LogP contribution in [0.25, 0.3) is 0 Å². The lowest BCUT2D eigenvalue weighted by Crippen LogP contribution is -2.28. The summed E-state index contributed by atoms with van der Waals surface area (Å²) in [5.41, 5.74) is 0. The van der Waals surface area contributed by atoms with Gasteiger partial charge in [0.1, 0.15) is 0 Å². The first-order chi connectivity index (χ1) is 7.54. The van der Waals surface area contributed by atoms with Gasteiger partial charge in [-0.3, -0.25) is 0 Å². The van der Waals surface area contributed by atoms with E-state index in [2.05, 4.69) is 5.32 Å². The third-order valence-corrected chi connectivity index (χ3v) is 4.98. The summed E-state index contributed by atoms with van der Waals surface area (Å²) >= 11 is 5.44. The third-order valence-electron chi connectivity index (χ3n) is 2.33. The molecule has 16 heavy (non-hydrogen) atoms. The van der Waals surface area contributed by atoms with Crippen molar-refractivity contribution in [3.8, 4) is 0 Å². The Labute approximate surface area is 104 Å². The zero-order valence-corrected chi connectivity index (χ0v) is 11.6. The molecule has 0 bridgehead atoms. The largest absolute Gasteiger partial charge is 0.380 e. The topological polar surface area (TPSA) is 55.4 Å². The SMILES string of the molecule is CCOCCNCCC(C)S(=O)(=O)CCCl. The summed E-state index contributed by atoms with van der Waals surface area (Å²) in [5, 5.41) is 2.81. The second kappa shape index (κ2) is 9.22. The summed E-state index contributed by atoms with van der Waals surface area (Å²) in [6.45, 7) is 6.50. The molecule has 1 N–H and O–H groups in total. The van der Waals surface area contributed by atoms with E-state index in [0.717, 1.165) is 6.54 Å². The molecular weight excluding hydrogens is 250 g/mol. The number of hydrogen-bond acceptors (Lipinski definition) is 4. The Hall–Kier alpha value is 0.160. The maximum atomic E-state index is 11.6. The first-order valence-corrected chi connectivity index (χ1v) is 7.85. The lowest BCUT2D eigenvalue weighted by atomic mass is 10.3. The Morgan fingerprint density at radius 2 is 2.06 bits per heavy atom. The van der Waals surface area contributed by atoms with Gasteiger partial charge in [0.05, 0.1) is 17.6 Å². The molecule has 0 aromatic heterocycles. The van der Waals surface area contributed by atoms with Crippen molar-refractivity contribution in [2.75, 3.05) is 37.9 Å². The Bertz CT molecular complexity index is 257. The van der Waals surface area contributed by atoms with Crippen LogP contribution in [0.15, 0.2) is 0 Å². The number of sulfone groups is 1. The lowest BCUT2D eigenvalue weighted by molar-refractivity contribution is 0.149. The van der Waals surface area contributed by atoms with Gasteiger partial charge in [0.2, 0.25) is 0 Å². The van der Waals surface area contributed by atoms with Crippen molar-refractivity contribution in [3.05, 3.63) is 0 Å². The van der Waals surface area contributed by atoms with Crippen LogP contribution in [0.2, 0.25) is 0 Å². The molecule has 0 saturated carbocycles. The van der Waals surface area contributed by atoms with Crippen LogP contribution >= 0.6 is 11.6 Å². The minimum atomic E-state index is -3.01. The normalized spacial score (nSPS) is 13.9. The van der Waals surface area contributed by atoms with Crippen molar-refractivity contribution in [3.63, 3.8) is 0 Å². The Kier molecular flexibility index (Phi) is 9.31. The Balaban J connectivity index is 3.61. The number of rotatable bonds is 10. The van der Waals surface area contributed by atoms with Crippen LogP contribution in [0.3, 0.4) is 0 Å². The van der Waals surface area contributed by atoms with Gasteiger partial charge in [0.25, 0.3) is 0 Å². The number of halogens is 1. The summed E-state index contributed by atoms with van der Waals surface area (Å²) in [6, 6.07) is 0. The van der Waals surface area contributed by atoms with Crippen LogP contribution in [-0.4, -0.2) is 51.6 Å². The molecule has 0 aliphatic heterocycles. The van der Waals surface area contributed by atoms with Crippen LogP contribution in [-0.2, 0) is 14.6 Å². The van der Waals surface area contributed by atoms with Gasteiger partial charge in [0.15, 0.2) is 9.84 Å². The average Bonchev–Trinajstić information content (AvgIpc) is 2.22. The minimum absolute atomic E-state index is 0.0642. The first-order valence-electron chi connectivity index (χ1n) is 5.60. The van der Waals surface area contributed by atoms with E-state index < -0.39 is 9.84 Å². The fourth-order valence-electron chi connectivity index (χ4n) is 1.21. The van der Waals surface area contributed by atoms with Crippen molar-refractivity contribution < 1.29 is 13.2 Å². The van der Waals surface area contributed by atoms with Gasteiger partial charge in [-0.1, -0.05) is 0 Å².